The lowest BCUT2D eigenvalue weighted by Crippen LogP contribution is -2.30. The van der Waals surface area contributed by atoms with E-state index in [1.54, 1.807) is 0 Å². The maximum absolute atomic E-state index is 12.7. The van der Waals surface area contributed by atoms with Gasteiger partial charge in [-0.2, -0.15) is 0 Å². The molecular weight excluding hydrogens is 232 g/mol. The summed E-state index contributed by atoms with van der Waals surface area (Å²) >= 11 is 0. The molecule has 0 spiro atoms. The van der Waals surface area contributed by atoms with Crippen LogP contribution in [0.15, 0.2) is 48.5 Å². The molecular formula is C18H18O. The number of fused-ring (bicyclic) bond motifs is 1. The highest BCUT2D eigenvalue weighted by atomic mass is 16.1. The molecule has 1 nitrogen and oxygen atoms in total. The number of Topliss-reactive ketones (excluding diaryl/α,β-unsaturated/α-hetero) is 1. The van der Waals surface area contributed by atoms with Crippen molar-refractivity contribution in [1.29, 1.82) is 0 Å². The molecule has 0 aromatic heterocycles. The number of rotatable bonds is 1. The Morgan fingerprint density at radius 2 is 1.68 bits per heavy atom. The van der Waals surface area contributed by atoms with Crippen molar-refractivity contribution in [3.63, 3.8) is 0 Å². The van der Waals surface area contributed by atoms with Gasteiger partial charge in [-0.05, 0) is 29.5 Å². The summed E-state index contributed by atoms with van der Waals surface area (Å²) in [6, 6.07) is 16.4. The van der Waals surface area contributed by atoms with Crippen molar-refractivity contribution >= 4 is 5.78 Å². The van der Waals surface area contributed by atoms with E-state index >= 15 is 0 Å². The molecule has 0 heterocycles. The van der Waals surface area contributed by atoms with Crippen LogP contribution in [0.4, 0.5) is 0 Å². The van der Waals surface area contributed by atoms with Crippen LogP contribution in [0.5, 0.6) is 0 Å². The van der Waals surface area contributed by atoms with Crippen molar-refractivity contribution in [1.82, 2.24) is 0 Å². The van der Waals surface area contributed by atoms with Crippen LogP contribution in [-0.2, 0) is 6.42 Å². The van der Waals surface area contributed by atoms with Crippen LogP contribution < -0.4 is 0 Å². The molecule has 0 aliphatic heterocycles. The van der Waals surface area contributed by atoms with Crippen LogP contribution in [0.2, 0.25) is 0 Å². The van der Waals surface area contributed by atoms with Crippen LogP contribution in [0, 0.1) is 5.41 Å². The van der Waals surface area contributed by atoms with E-state index in [1.807, 2.05) is 18.2 Å². The van der Waals surface area contributed by atoms with Crippen LogP contribution >= 0.6 is 0 Å². The second-order valence-corrected chi connectivity index (χ2v) is 5.92. The number of hydrogen-bond donors (Lipinski definition) is 0. The molecule has 2 aromatic rings. The molecule has 0 unspecified atom stereocenters. The number of hydrogen-bond acceptors (Lipinski definition) is 1. The average molecular weight is 250 g/mol. The first-order chi connectivity index (χ1) is 9.09. The van der Waals surface area contributed by atoms with E-state index in [1.165, 1.54) is 5.56 Å². The van der Waals surface area contributed by atoms with E-state index in [9.17, 15) is 4.79 Å². The van der Waals surface area contributed by atoms with Gasteiger partial charge in [0, 0.05) is 11.0 Å². The highest BCUT2D eigenvalue weighted by Gasteiger charge is 2.35. The Morgan fingerprint density at radius 3 is 2.42 bits per heavy atom. The van der Waals surface area contributed by atoms with Crippen LogP contribution in [-0.4, -0.2) is 5.78 Å². The Bertz CT molecular complexity index is 623. The molecule has 0 bridgehead atoms. The second-order valence-electron chi connectivity index (χ2n) is 5.92. The predicted molar refractivity (Wildman–Crippen MR) is 78.3 cm³/mol. The van der Waals surface area contributed by atoms with Gasteiger partial charge in [0.25, 0.3) is 0 Å². The van der Waals surface area contributed by atoms with Gasteiger partial charge in [-0.1, -0.05) is 62.4 Å². The smallest absolute Gasteiger partial charge is 0.169 e. The van der Waals surface area contributed by atoms with E-state index in [0.717, 1.165) is 29.5 Å². The Balaban J connectivity index is 2.22. The summed E-state index contributed by atoms with van der Waals surface area (Å²) in [6.45, 7) is 4.11. The Hall–Kier alpha value is -1.89. The zero-order valence-electron chi connectivity index (χ0n) is 11.4. The van der Waals surface area contributed by atoms with Crippen LogP contribution in [0.1, 0.15) is 36.2 Å². The van der Waals surface area contributed by atoms with Gasteiger partial charge in [0.2, 0.25) is 0 Å². The van der Waals surface area contributed by atoms with Gasteiger partial charge in [-0.15, -0.1) is 0 Å². The van der Waals surface area contributed by atoms with Crippen molar-refractivity contribution in [2.75, 3.05) is 0 Å². The molecule has 2 aromatic carbocycles. The largest absolute Gasteiger partial charge is 0.294 e. The molecule has 1 aliphatic rings. The molecule has 3 rings (SSSR count). The summed E-state index contributed by atoms with van der Waals surface area (Å²) in [5.74, 6) is 0.285. The SMILES string of the molecule is CC1(C)CCc2cccc(-c3ccccc3)c2C1=O. The average Bonchev–Trinajstić information content (AvgIpc) is 2.44. The molecule has 0 atom stereocenters. The topological polar surface area (TPSA) is 17.1 Å². The van der Waals surface area contributed by atoms with Gasteiger partial charge in [0.05, 0.1) is 0 Å². The fraction of sp³-hybridized carbons (Fsp3) is 0.278. The molecule has 0 fully saturated rings. The van der Waals surface area contributed by atoms with Crippen molar-refractivity contribution in [2.24, 2.45) is 5.41 Å². The maximum Gasteiger partial charge on any atom is 0.169 e. The minimum absolute atomic E-state index is 0.238. The van der Waals surface area contributed by atoms with Gasteiger partial charge in [-0.25, -0.2) is 0 Å². The van der Waals surface area contributed by atoms with E-state index in [2.05, 4.69) is 44.2 Å². The zero-order valence-corrected chi connectivity index (χ0v) is 11.4. The molecule has 0 radical (unpaired) electrons. The van der Waals surface area contributed by atoms with Crippen LogP contribution in [0.25, 0.3) is 11.1 Å². The number of aryl methyl sites for hydroxylation is 1. The maximum atomic E-state index is 12.7. The fourth-order valence-electron chi connectivity index (χ4n) is 2.83. The molecule has 1 heteroatoms. The van der Waals surface area contributed by atoms with E-state index in [-0.39, 0.29) is 11.2 Å². The summed E-state index contributed by atoms with van der Waals surface area (Å²) in [7, 11) is 0. The van der Waals surface area contributed by atoms with Crippen molar-refractivity contribution in [3.8, 4) is 11.1 Å². The summed E-state index contributed by atoms with van der Waals surface area (Å²) in [5.41, 5.74) is 4.11. The van der Waals surface area contributed by atoms with Gasteiger partial charge in [0.1, 0.15) is 0 Å². The monoisotopic (exact) mass is 250 g/mol. The lowest BCUT2D eigenvalue weighted by atomic mass is 9.71. The molecule has 96 valence electrons. The quantitative estimate of drug-likeness (QED) is 0.727. The van der Waals surface area contributed by atoms with Crippen LogP contribution in [0.3, 0.4) is 0 Å². The van der Waals surface area contributed by atoms with E-state index in [0.29, 0.717) is 0 Å². The predicted octanol–water partition coefficient (Wildman–Crippen LogP) is 4.51. The number of carbonyl (C=O) groups is 1. The molecule has 0 saturated carbocycles. The van der Waals surface area contributed by atoms with Crippen molar-refractivity contribution in [3.05, 3.63) is 59.7 Å². The van der Waals surface area contributed by atoms with E-state index in [4.69, 9.17) is 0 Å². The molecule has 0 N–H and O–H groups in total. The number of ketones is 1. The Morgan fingerprint density at radius 1 is 0.947 bits per heavy atom. The lowest BCUT2D eigenvalue weighted by Gasteiger charge is -2.31. The second kappa shape index (κ2) is 4.34. The first-order valence-corrected chi connectivity index (χ1v) is 6.82. The fourth-order valence-corrected chi connectivity index (χ4v) is 2.83. The van der Waals surface area contributed by atoms with Gasteiger partial charge < -0.3 is 0 Å². The van der Waals surface area contributed by atoms with Crippen molar-refractivity contribution in [2.45, 2.75) is 26.7 Å². The van der Waals surface area contributed by atoms with Gasteiger partial charge in [-0.3, -0.25) is 4.79 Å². The summed E-state index contributed by atoms with van der Waals surface area (Å²) in [5, 5.41) is 0. The summed E-state index contributed by atoms with van der Waals surface area (Å²) in [6.07, 6.45) is 1.94. The highest BCUT2D eigenvalue weighted by Crippen LogP contribution is 2.39. The molecule has 1 aliphatic carbocycles. The van der Waals surface area contributed by atoms with Gasteiger partial charge >= 0.3 is 0 Å². The third-order valence-electron chi connectivity index (χ3n) is 4.10. The number of carbonyl (C=O) groups excluding carboxylic acids is 1. The Labute approximate surface area is 114 Å². The van der Waals surface area contributed by atoms with Crippen molar-refractivity contribution < 1.29 is 4.79 Å². The Kier molecular flexibility index (Phi) is 2.78. The first-order valence-electron chi connectivity index (χ1n) is 6.82. The normalized spacial score (nSPS) is 17.1. The highest BCUT2D eigenvalue weighted by molar-refractivity contribution is 6.07. The first kappa shape index (κ1) is 12.2. The molecule has 0 amide bonds. The molecule has 0 saturated heterocycles. The summed E-state index contributed by atoms with van der Waals surface area (Å²) < 4.78 is 0. The number of benzene rings is 2. The third-order valence-corrected chi connectivity index (χ3v) is 4.10. The standard InChI is InChI=1S/C18H18O/c1-18(2)12-11-14-9-6-10-15(16(14)17(18)19)13-7-4-3-5-8-13/h3-10H,11-12H2,1-2H3. The minimum Gasteiger partial charge on any atom is -0.294 e. The summed E-state index contributed by atoms with van der Waals surface area (Å²) in [4.78, 5) is 12.7. The van der Waals surface area contributed by atoms with Gasteiger partial charge in [0.15, 0.2) is 5.78 Å². The lowest BCUT2D eigenvalue weighted by molar-refractivity contribution is 0.0812. The third kappa shape index (κ3) is 1.99. The van der Waals surface area contributed by atoms with E-state index < -0.39 is 0 Å². The molecule has 19 heavy (non-hydrogen) atoms. The zero-order chi connectivity index (χ0) is 13.5. The minimum atomic E-state index is -0.238.